The molecule has 4 rings (SSSR count). The molecule has 0 aromatic carbocycles. The molecule has 1 saturated heterocycles. The second kappa shape index (κ2) is 8.41. The zero-order chi connectivity index (χ0) is 19.3. The van der Waals surface area contributed by atoms with Crippen molar-refractivity contribution in [1.29, 1.82) is 0 Å². The van der Waals surface area contributed by atoms with Crippen molar-refractivity contribution in [2.75, 3.05) is 32.7 Å². The fraction of sp³-hybridized carbons (Fsp3) is 0.421. The lowest BCUT2D eigenvalue weighted by Gasteiger charge is -2.34. The van der Waals surface area contributed by atoms with E-state index in [1.54, 1.807) is 29.2 Å². The van der Waals surface area contributed by atoms with Gasteiger partial charge in [-0.1, -0.05) is 5.21 Å². The molecule has 4 heterocycles. The maximum Gasteiger partial charge on any atom is 0.266 e. The summed E-state index contributed by atoms with van der Waals surface area (Å²) >= 11 is 0. The van der Waals surface area contributed by atoms with Crippen molar-refractivity contribution in [3.63, 3.8) is 0 Å². The first kappa shape index (κ1) is 18.5. The van der Waals surface area contributed by atoms with Gasteiger partial charge in [-0.15, -0.1) is 5.10 Å². The third-order valence-corrected chi connectivity index (χ3v) is 5.13. The zero-order valence-corrected chi connectivity index (χ0v) is 16.0. The van der Waals surface area contributed by atoms with Crippen LogP contribution in [0.3, 0.4) is 0 Å². The van der Waals surface area contributed by atoms with Crippen LogP contribution in [0.15, 0.2) is 47.7 Å². The third-order valence-electron chi connectivity index (χ3n) is 5.13. The lowest BCUT2D eigenvalue weighted by molar-refractivity contribution is 0.120. The van der Waals surface area contributed by atoms with Gasteiger partial charge < -0.3 is 0 Å². The number of hydrogen-bond donors (Lipinski definition) is 0. The molecule has 1 aliphatic heterocycles. The van der Waals surface area contributed by atoms with Crippen molar-refractivity contribution in [3.05, 3.63) is 58.9 Å². The Kier molecular flexibility index (Phi) is 5.54. The number of pyridine rings is 1. The smallest absolute Gasteiger partial charge is 0.266 e. The van der Waals surface area contributed by atoms with Crippen molar-refractivity contribution in [2.45, 2.75) is 13.1 Å². The average Bonchev–Trinajstić information content (AvgIpc) is 3.13. The molecule has 3 aromatic heterocycles. The van der Waals surface area contributed by atoms with E-state index in [2.05, 4.69) is 30.2 Å². The highest BCUT2D eigenvalue weighted by molar-refractivity contribution is 5.56. The van der Waals surface area contributed by atoms with E-state index < -0.39 is 0 Å². The third kappa shape index (κ3) is 4.32. The minimum Gasteiger partial charge on any atom is -0.299 e. The summed E-state index contributed by atoms with van der Waals surface area (Å²) in [6.45, 7) is 6.20. The lowest BCUT2D eigenvalue weighted by atomic mass is 10.2. The first-order valence-electron chi connectivity index (χ1n) is 9.46. The Morgan fingerprint density at radius 1 is 0.964 bits per heavy atom. The van der Waals surface area contributed by atoms with Crippen LogP contribution in [0.1, 0.15) is 5.69 Å². The first-order chi connectivity index (χ1) is 13.7. The summed E-state index contributed by atoms with van der Waals surface area (Å²) < 4.78 is 3.38. The number of hydrogen-bond acceptors (Lipinski definition) is 7. The van der Waals surface area contributed by atoms with Gasteiger partial charge in [0.1, 0.15) is 0 Å². The van der Waals surface area contributed by atoms with Crippen LogP contribution in [0.4, 0.5) is 0 Å². The van der Waals surface area contributed by atoms with Crippen LogP contribution in [-0.4, -0.2) is 72.3 Å². The fourth-order valence-electron chi connectivity index (χ4n) is 3.38. The monoisotopic (exact) mass is 380 g/mol. The van der Waals surface area contributed by atoms with Gasteiger partial charge in [-0.05, 0) is 18.2 Å². The quantitative estimate of drug-likeness (QED) is 0.606. The normalized spacial score (nSPS) is 15.8. The molecule has 0 radical (unpaired) electrons. The Hall–Kier alpha value is -2.91. The van der Waals surface area contributed by atoms with E-state index in [9.17, 15) is 4.79 Å². The second-order valence-corrected chi connectivity index (χ2v) is 6.98. The molecule has 1 fully saturated rings. The number of aryl methyl sites for hydroxylation is 1. The highest BCUT2D eigenvalue weighted by Crippen LogP contribution is 2.13. The van der Waals surface area contributed by atoms with Gasteiger partial charge in [0.2, 0.25) is 0 Å². The van der Waals surface area contributed by atoms with Crippen molar-refractivity contribution in [1.82, 2.24) is 39.6 Å². The van der Waals surface area contributed by atoms with E-state index in [0.29, 0.717) is 6.54 Å². The SMILES string of the molecule is Cn1nncc1CN1CCN(CCn2nc(-c3ccncc3)ccc2=O)CC1. The van der Waals surface area contributed by atoms with Crippen LogP contribution >= 0.6 is 0 Å². The summed E-state index contributed by atoms with van der Waals surface area (Å²) in [7, 11) is 1.92. The molecule has 28 heavy (non-hydrogen) atoms. The molecule has 0 N–H and O–H groups in total. The van der Waals surface area contributed by atoms with E-state index >= 15 is 0 Å². The molecule has 0 aliphatic carbocycles. The van der Waals surface area contributed by atoms with Crippen LogP contribution in [-0.2, 0) is 20.1 Å². The Bertz CT molecular complexity index is 959. The number of nitrogens with zero attached hydrogens (tertiary/aromatic N) is 8. The van der Waals surface area contributed by atoms with Crippen LogP contribution in [0, 0.1) is 0 Å². The topological polar surface area (TPSA) is 85.0 Å². The summed E-state index contributed by atoms with van der Waals surface area (Å²) in [5.41, 5.74) is 2.80. The summed E-state index contributed by atoms with van der Waals surface area (Å²) in [4.78, 5) is 21.0. The minimum atomic E-state index is -0.0693. The van der Waals surface area contributed by atoms with Crippen molar-refractivity contribution < 1.29 is 0 Å². The van der Waals surface area contributed by atoms with Gasteiger partial charge >= 0.3 is 0 Å². The molecule has 9 nitrogen and oxygen atoms in total. The summed E-state index contributed by atoms with van der Waals surface area (Å²) in [6, 6.07) is 7.14. The van der Waals surface area contributed by atoms with E-state index in [1.165, 1.54) is 0 Å². The lowest BCUT2D eigenvalue weighted by Crippen LogP contribution is -2.47. The van der Waals surface area contributed by atoms with Crippen LogP contribution in [0.25, 0.3) is 11.3 Å². The Morgan fingerprint density at radius 2 is 1.71 bits per heavy atom. The Morgan fingerprint density at radius 3 is 2.43 bits per heavy atom. The standard InChI is InChI=1S/C19H24N8O/c1-24-17(14-21-23-24)15-26-10-8-25(9-11-26)12-13-27-19(28)3-2-18(22-27)16-4-6-20-7-5-16/h2-7,14H,8-13,15H2,1H3. The van der Waals surface area contributed by atoms with Crippen molar-refractivity contribution in [3.8, 4) is 11.3 Å². The van der Waals surface area contributed by atoms with Gasteiger partial charge in [0.05, 0.1) is 24.1 Å². The predicted molar refractivity (Wildman–Crippen MR) is 104 cm³/mol. The minimum absolute atomic E-state index is 0.0693. The summed E-state index contributed by atoms with van der Waals surface area (Å²) in [5, 5.41) is 12.4. The number of rotatable bonds is 6. The molecular formula is C19H24N8O. The summed E-state index contributed by atoms with van der Waals surface area (Å²) in [6.07, 6.45) is 5.28. The molecule has 0 spiro atoms. The number of aromatic nitrogens is 6. The van der Waals surface area contributed by atoms with Gasteiger partial charge in [-0.2, -0.15) is 5.10 Å². The number of piperazine rings is 1. The zero-order valence-electron chi connectivity index (χ0n) is 16.0. The molecule has 0 atom stereocenters. The van der Waals surface area contributed by atoms with Crippen LogP contribution < -0.4 is 5.56 Å². The molecule has 0 amide bonds. The molecule has 146 valence electrons. The van der Waals surface area contributed by atoms with Gasteiger partial charge in [0.25, 0.3) is 5.56 Å². The highest BCUT2D eigenvalue weighted by Gasteiger charge is 2.18. The molecular weight excluding hydrogens is 356 g/mol. The van der Waals surface area contributed by atoms with Gasteiger partial charge in [0, 0.05) is 70.3 Å². The second-order valence-electron chi connectivity index (χ2n) is 6.98. The Labute approximate surface area is 163 Å². The van der Waals surface area contributed by atoms with E-state index in [0.717, 1.165) is 56.2 Å². The molecule has 9 heteroatoms. The maximum atomic E-state index is 12.2. The van der Waals surface area contributed by atoms with E-state index in [1.807, 2.05) is 30.1 Å². The predicted octanol–water partition coefficient (Wildman–Crippen LogP) is 0.252. The first-order valence-corrected chi connectivity index (χ1v) is 9.46. The maximum absolute atomic E-state index is 12.2. The average molecular weight is 380 g/mol. The van der Waals surface area contributed by atoms with Crippen molar-refractivity contribution >= 4 is 0 Å². The van der Waals surface area contributed by atoms with Crippen LogP contribution in [0.2, 0.25) is 0 Å². The van der Waals surface area contributed by atoms with Gasteiger partial charge in [-0.3, -0.25) is 24.3 Å². The summed E-state index contributed by atoms with van der Waals surface area (Å²) in [5.74, 6) is 0. The molecule has 3 aromatic rings. The Balaban J connectivity index is 1.32. The largest absolute Gasteiger partial charge is 0.299 e. The highest BCUT2D eigenvalue weighted by atomic mass is 16.1. The molecule has 0 unspecified atom stereocenters. The molecule has 0 bridgehead atoms. The van der Waals surface area contributed by atoms with Crippen LogP contribution in [0.5, 0.6) is 0 Å². The van der Waals surface area contributed by atoms with Gasteiger partial charge in [-0.25, -0.2) is 4.68 Å². The molecule has 0 saturated carbocycles. The van der Waals surface area contributed by atoms with E-state index in [4.69, 9.17) is 0 Å². The van der Waals surface area contributed by atoms with E-state index in [-0.39, 0.29) is 5.56 Å². The molecule has 1 aliphatic rings. The van der Waals surface area contributed by atoms with Gasteiger partial charge in [0.15, 0.2) is 0 Å². The van der Waals surface area contributed by atoms with Crippen molar-refractivity contribution in [2.24, 2.45) is 7.05 Å². The fourth-order valence-corrected chi connectivity index (χ4v) is 3.38.